The van der Waals surface area contributed by atoms with Gasteiger partial charge in [-0.25, -0.2) is 4.39 Å². The highest BCUT2D eigenvalue weighted by molar-refractivity contribution is 5.82. The van der Waals surface area contributed by atoms with Gasteiger partial charge in [-0.2, -0.15) is 15.0 Å². The van der Waals surface area contributed by atoms with Gasteiger partial charge in [-0.15, -0.1) is 0 Å². The van der Waals surface area contributed by atoms with Crippen molar-refractivity contribution in [3.8, 4) is 0 Å². The Labute approximate surface area is 171 Å². The lowest BCUT2D eigenvalue weighted by Gasteiger charge is -2.54. The van der Waals surface area contributed by atoms with Crippen molar-refractivity contribution < 1.29 is 14.3 Å². The summed E-state index contributed by atoms with van der Waals surface area (Å²) in [7, 11) is 0. The number of nitrogens with zero attached hydrogens (tertiary/aromatic N) is 3. The Bertz CT molecular complexity index is 809. The second-order valence-electron chi connectivity index (χ2n) is 10.3. The lowest BCUT2D eigenvalue weighted by atomic mass is 9.51. The summed E-state index contributed by atoms with van der Waals surface area (Å²) in [6.07, 6.45) is 12.9. The number of alkyl halides is 1. The lowest BCUT2D eigenvalue weighted by molar-refractivity contribution is -0.130. The van der Waals surface area contributed by atoms with E-state index in [0.29, 0.717) is 36.5 Å². The van der Waals surface area contributed by atoms with E-state index in [-0.39, 0.29) is 23.7 Å². The van der Waals surface area contributed by atoms with Crippen molar-refractivity contribution in [3.05, 3.63) is 24.0 Å². The zero-order valence-corrected chi connectivity index (χ0v) is 17.3. The Balaban J connectivity index is 1.34. The van der Waals surface area contributed by atoms with E-state index in [1.165, 1.54) is 10.4 Å². The van der Waals surface area contributed by atoms with Crippen LogP contribution in [0.25, 0.3) is 0 Å². The van der Waals surface area contributed by atoms with Gasteiger partial charge in [0.1, 0.15) is 13.2 Å². The number of halogens is 1. The second-order valence-corrected chi connectivity index (χ2v) is 10.3. The molecule has 0 aromatic carbocycles. The maximum Gasteiger partial charge on any atom is 0.159 e. The first-order valence-electron chi connectivity index (χ1n) is 11.3. The van der Waals surface area contributed by atoms with Gasteiger partial charge in [0, 0.05) is 5.92 Å². The minimum atomic E-state index is -1.14. The molecule has 7 atom stereocenters. The maximum atomic E-state index is 13.3. The molecule has 0 bridgehead atoms. The quantitative estimate of drug-likeness (QED) is 0.781. The number of aromatic nitrogens is 3. The minimum absolute atomic E-state index is 0.0745. The predicted molar refractivity (Wildman–Crippen MR) is 107 cm³/mol. The average molecular weight is 402 g/mol. The molecule has 5 rings (SSSR count). The minimum Gasteiger partial charge on any atom is -0.387 e. The van der Waals surface area contributed by atoms with Gasteiger partial charge < -0.3 is 5.11 Å². The molecule has 1 aromatic rings. The van der Waals surface area contributed by atoms with Crippen molar-refractivity contribution in [2.75, 3.05) is 6.67 Å². The van der Waals surface area contributed by atoms with Gasteiger partial charge in [0.15, 0.2) is 5.78 Å². The largest absolute Gasteiger partial charge is 0.387 e. The first-order valence-corrected chi connectivity index (χ1v) is 11.3. The van der Waals surface area contributed by atoms with E-state index < -0.39 is 12.3 Å². The highest BCUT2D eigenvalue weighted by atomic mass is 19.1. The number of hydrogen-bond acceptors (Lipinski definition) is 4. The molecule has 4 aliphatic rings. The van der Waals surface area contributed by atoms with Gasteiger partial charge in [-0.1, -0.05) is 18.6 Å². The summed E-state index contributed by atoms with van der Waals surface area (Å²) in [5.41, 5.74) is 0.242. The zero-order valence-electron chi connectivity index (χ0n) is 17.3. The third-order valence-electron chi connectivity index (χ3n) is 8.99. The Kier molecular flexibility index (Phi) is 4.68. The summed E-state index contributed by atoms with van der Waals surface area (Å²) in [5.74, 6) is 2.74. The smallest absolute Gasteiger partial charge is 0.159 e. The normalized spacial score (nSPS) is 43.8. The Morgan fingerprint density at radius 1 is 1.21 bits per heavy atom. The van der Waals surface area contributed by atoms with Crippen molar-refractivity contribution >= 4 is 5.78 Å². The number of hydrogen-bond donors (Lipinski definition) is 1. The van der Waals surface area contributed by atoms with Crippen LogP contribution < -0.4 is 0 Å². The molecule has 0 spiro atoms. The monoisotopic (exact) mass is 401 g/mol. The van der Waals surface area contributed by atoms with Crippen molar-refractivity contribution in [1.82, 2.24) is 15.0 Å². The van der Waals surface area contributed by atoms with E-state index in [9.17, 15) is 14.3 Å². The molecule has 0 saturated heterocycles. The number of allylic oxidation sites excluding steroid dienone is 1. The standard InChI is InChI=1S/C23H32FN3O2/c1-22-8-6-17-16-7-9-23(29,14-24)12-15(16)2-3-18(17)19(22)4-5-20(22)21(28)13-27-25-10-11-26-27/h2,10-11,16-20,29H,3-9,12-14H2,1H3/t16?,17-,18?,19+,20-,22+,23-/m1/s1. The molecule has 1 heterocycles. The first kappa shape index (κ1) is 19.4. The summed E-state index contributed by atoms with van der Waals surface area (Å²) < 4.78 is 13.3. The van der Waals surface area contributed by atoms with Gasteiger partial charge >= 0.3 is 0 Å². The fourth-order valence-corrected chi connectivity index (χ4v) is 7.58. The molecule has 0 amide bonds. The number of rotatable bonds is 4. The Morgan fingerprint density at radius 3 is 2.76 bits per heavy atom. The first-order chi connectivity index (χ1) is 13.9. The lowest BCUT2D eigenvalue weighted by Crippen LogP contribution is -2.49. The molecule has 0 aliphatic heterocycles. The molecule has 6 heteroatoms. The van der Waals surface area contributed by atoms with Crippen LogP contribution in [-0.2, 0) is 11.3 Å². The van der Waals surface area contributed by atoms with Crippen LogP contribution in [0.15, 0.2) is 24.0 Å². The van der Waals surface area contributed by atoms with Crippen LogP contribution in [0, 0.1) is 35.0 Å². The molecule has 1 aromatic heterocycles. The maximum absolute atomic E-state index is 13.3. The summed E-state index contributed by atoms with van der Waals surface area (Å²) >= 11 is 0. The number of carbonyl (C=O) groups excluding carboxylic acids is 1. The van der Waals surface area contributed by atoms with E-state index in [4.69, 9.17) is 0 Å². The molecule has 0 radical (unpaired) electrons. The van der Waals surface area contributed by atoms with Crippen LogP contribution in [0.1, 0.15) is 58.3 Å². The summed E-state index contributed by atoms with van der Waals surface area (Å²) in [6.45, 7) is 1.99. The molecule has 5 nitrogen and oxygen atoms in total. The van der Waals surface area contributed by atoms with Crippen LogP contribution >= 0.6 is 0 Å². The van der Waals surface area contributed by atoms with Crippen molar-refractivity contribution in [2.24, 2.45) is 35.0 Å². The number of aliphatic hydroxyl groups is 1. The van der Waals surface area contributed by atoms with E-state index in [2.05, 4.69) is 23.2 Å². The third-order valence-corrected chi connectivity index (χ3v) is 8.99. The van der Waals surface area contributed by atoms with Crippen LogP contribution in [0.5, 0.6) is 0 Å². The molecule has 3 saturated carbocycles. The number of fused-ring (bicyclic) bond motifs is 5. The summed E-state index contributed by atoms with van der Waals surface area (Å²) in [6, 6.07) is 0. The Hall–Kier alpha value is -1.56. The molecule has 158 valence electrons. The highest BCUT2D eigenvalue weighted by Crippen LogP contribution is 2.63. The number of ketones is 1. The van der Waals surface area contributed by atoms with E-state index in [1.807, 2.05) is 0 Å². The molecule has 29 heavy (non-hydrogen) atoms. The molecular weight excluding hydrogens is 369 g/mol. The molecule has 1 N–H and O–H groups in total. The van der Waals surface area contributed by atoms with Crippen LogP contribution in [0.4, 0.5) is 4.39 Å². The zero-order chi connectivity index (χ0) is 20.2. The number of Topliss-reactive ketones (excluding diaryl/α,β-unsaturated/α-hetero) is 1. The van der Waals surface area contributed by atoms with Crippen LogP contribution in [0.2, 0.25) is 0 Å². The van der Waals surface area contributed by atoms with Gasteiger partial charge in [0.25, 0.3) is 0 Å². The predicted octanol–water partition coefficient (Wildman–Crippen LogP) is 3.74. The average Bonchev–Trinajstić information content (AvgIpc) is 3.34. The second kappa shape index (κ2) is 7.00. The SMILES string of the molecule is C[C@]12CC[C@@H]3C4CC[C@](O)(CF)CC4=CCC3[C@@H]1CC[C@@H]2C(=O)Cn1nccn1. The number of carbonyl (C=O) groups is 1. The molecule has 4 aliphatic carbocycles. The molecular formula is C23H32FN3O2. The fraction of sp³-hybridized carbons (Fsp3) is 0.783. The summed E-state index contributed by atoms with van der Waals surface area (Å²) in [4.78, 5) is 14.6. The molecule has 2 unspecified atom stereocenters. The Morgan fingerprint density at radius 2 is 2.00 bits per heavy atom. The highest BCUT2D eigenvalue weighted by Gasteiger charge is 2.57. The van der Waals surface area contributed by atoms with E-state index in [0.717, 1.165) is 38.5 Å². The van der Waals surface area contributed by atoms with Crippen molar-refractivity contribution in [3.63, 3.8) is 0 Å². The van der Waals surface area contributed by atoms with E-state index in [1.54, 1.807) is 12.4 Å². The molecule has 3 fully saturated rings. The van der Waals surface area contributed by atoms with Crippen LogP contribution in [-0.4, -0.2) is 38.2 Å². The van der Waals surface area contributed by atoms with Crippen LogP contribution in [0.3, 0.4) is 0 Å². The van der Waals surface area contributed by atoms with Gasteiger partial charge in [0.2, 0.25) is 0 Å². The van der Waals surface area contributed by atoms with Crippen molar-refractivity contribution in [2.45, 2.75) is 70.4 Å². The van der Waals surface area contributed by atoms with Gasteiger partial charge in [0.05, 0.1) is 18.0 Å². The fourth-order valence-electron chi connectivity index (χ4n) is 7.58. The van der Waals surface area contributed by atoms with Gasteiger partial charge in [-0.3, -0.25) is 4.79 Å². The van der Waals surface area contributed by atoms with E-state index >= 15 is 0 Å². The van der Waals surface area contributed by atoms with Crippen molar-refractivity contribution in [1.29, 1.82) is 0 Å². The van der Waals surface area contributed by atoms with Gasteiger partial charge in [-0.05, 0) is 80.5 Å². The third kappa shape index (κ3) is 3.09. The topological polar surface area (TPSA) is 68.0 Å². The summed E-state index contributed by atoms with van der Waals surface area (Å²) in [5, 5.41) is 18.7.